The quantitative estimate of drug-likeness (QED) is 0.725. The van der Waals surface area contributed by atoms with Gasteiger partial charge in [0.2, 0.25) is 0 Å². The SMILES string of the molecule is CCC1CC(OCc2ccc(OC)cc2)CC1C(=O)OC(C)(C)C. The topological polar surface area (TPSA) is 44.8 Å². The van der Waals surface area contributed by atoms with E-state index in [1.165, 1.54) is 0 Å². The molecule has 0 spiro atoms. The fourth-order valence-corrected chi connectivity index (χ4v) is 3.26. The monoisotopic (exact) mass is 334 g/mol. The Bertz CT molecular complexity index is 530. The maximum Gasteiger partial charge on any atom is 0.309 e. The number of hydrogen-bond donors (Lipinski definition) is 0. The van der Waals surface area contributed by atoms with Crippen LogP contribution < -0.4 is 4.74 Å². The Morgan fingerprint density at radius 3 is 2.38 bits per heavy atom. The predicted molar refractivity (Wildman–Crippen MR) is 93.9 cm³/mol. The second-order valence-corrected chi connectivity index (χ2v) is 7.56. The average Bonchev–Trinajstić information content (AvgIpc) is 2.95. The van der Waals surface area contributed by atoms with Gasteiger partial charge < -0.3 is 14.2 Å². The number of hydrogen-bond acceptors (Lipinski definition) is 4. The maximum atomic E-state index is 12.4. The smallest absolute Gasteiger partial charge is 0.309 e. The third kappa shape index (κ3) is 5.23. The summed E-state index contributed by atoms with van der Waals surface area (Å²) in [7, 11) is 1.66. The van der Waals surface area contributed by atoms with Crippen LogP contribution in [0.3, 0.4) is 0 Å². The molecule has 1 fully saturated rings. The van der Waals surface area contributed by atoms with Gasteiger partial charge in [-0.25, -0.2) is 0 Å². The van der Waals surface area contributed by atoms with E-state index in [9.17, 15) is 4.79 Å². The Hall–Kier alpha value is -1.55. The standard InChI is InChI=1S/C20H30O4/c1-6-15-11-17(12-18(15)19(21)24-20(2,3)4)23-13-14-7-9-16(22-5)10-8-14/h7-10,15,17-18H,6,11-13H2,1-5H3. The van der Waals surface area contributed by atoms with E-state index in [4.69, 9.17) is 14.2 Å². The zero-order valence-electron chi connectivity index (χ0n) is 15.5. The molecule has 0 radical (unpaired) electrons. The van der Waals surface area contributed by atoms with Crippen molar-refractivity contribution in [1.82, 2.24) is 0 Å². The number of carbonyl (C=O) groups is 1. The lowest BCUT2D eigenvalue weighted by molar-refractivity contribution is -0.161. The van der Waals surface area contributed by atoms with Gasteiger partial charge in [0.25, 0.3) is 0 Å². The minimum absolute atomic E-state index is 0.0462. The number of ether oxygens (including phenoxy) is 3. The molecule has 1 aromatic carbocycles. The molecule has 1 aliphatic carbocycles. The summed E-state index contributed by atoms with van der Waals surface area (Å²) in [6.45, 7) is 8.44. The predicted octanol–water partition coefficient (Wildman–Crippen LogP) is 4.36. The highest BCUT2D eigenvalue weighted by molar-refractivity contribution is 5.73. The second-order valence-electron chi connectivity index (χ2n) is 7.56. The molecule has 0 aromatic heterocycles. The molecule has 3 unspecified atom stereocenters. The summed E-state index contributed by atoms with van der Waals surface area (Å²) in [5, 5.41) is 0. The molecule has 2 rings (SSSR count). The van der Waals surface area contributed by atoms with E-state index in [2.05, 4.69) is 6.92 Å². The molecule has 0 N–H and O–H groups in total. The third-order valence-corrected chi connectivity index (χ3v) is 4.53. The molecular weight excluding hydrogens is 304 g/mol. The van der Waals surface area contributed by atoms with E-state index in [1.54, 1.807) is 7.11 Å². The van der Waals surface area contributed by atoms with Crippen molar-refractivity contribution < 1.29 is 19.0 Å². The van der Waals surface area contributed by atoms with Crippen LogP contribution >= 0.6 is 0 Å². The summed E-state index contributed by atoms with van der Waals surface area (Å²) in [5.74, 6) is 1.07. The molecule has 0 heterocycles. The number of carbonyl (C=O) groups excluding carboxylic acids is 1. The number of rotatable bonds is 6. The van der Waals surface area contributed by atoms with Gasteiger partial charge in [-0.1, -0.05) is 25.5 Å². The van der Waals surface area contributed by atoms with Crippen molar-refractivity contribution >= 4 is 5.97 Å². The summed E-state index contributed by atoms with van der Waals surface area (Å²) in [4.78, 5) is 12.4. The largest absolute Gasteiger partial charge is 0.497 e. The normalized spacial score (nSPS) is 24.0. The average molecular weight is 334 g/mol. The Morgan fingerprint density at radius 2 is 1.83 bits per heavy atom. The first kappa shape index (κ1) is 18.8. The van der Waals surface area contributed by atoms with E-state index >= 15 is 0 Å². The Kier molecular flexibility index (Phi) is 6.27. The molecule has 134 valence electrons. The van der Waals surface area contributed by atoms with Gasteiger partial charge in [0.05, 0.1) is 25.7 Å². The van der Waals surface area contributed by atoms with Crippen LogP contribution in [0, 0.1) is 11.8 Å². The third-order valence-electron chi connectivity index (χ3n) is 4.53. The molecule has 0 amide bonds. The van der Waals surface area contributed by atoms with Gasteiger partial charge in [-0.05, 0) is 57.2 Å². The molecule has 3 atom stereocenters. The van der Waals surface area contributed by atoms with E-state index < -0.39 is 5.60 Å². The van der Waals surface area contributed by atoms with Crippen molar-refractivity contribution in [2.24, 2.45) is 11.8 Å². The lowest BCUT2D eigenvalue weighted by Gasteiger charge is -2.24. The molecule has 0 aliphatic heterocycles. The van der Waals surface area contributed by atoms with Crippen molar-refractivity contribution in [3.05, 3.63) is 29.8 Å². The highest BCUT2D eigenvalue weighted by Gasteiger charge is 2.40. The zero-order chi connectivity index (χ0) is 17.7. The fourth-order valence-electron chi connectivity index (χ4n) is 3.26. The molecule has 4 heteroatoms. The van der Waals surface area contributed by atoms with Gasteiger partial charge in [-0.15, -0.1) is 0 Å². The first-order chi connectivity index (χ1) is 11.3. The van der Waals surface area contributed by atoms with Crippen LogP contribution in [0.4, 0.5) is 0 Å². The van der Waals surface area contributed by atoms with Crippen LogP contribution in [-0.2, 0) is 20.9 Å². The zero-order valence-corrected chi connectivity index (χ0v) is 15.5. The van der Waals surface area contributed by atoms with Gasteiger partial charge in [0, 0.05) is 0 Å². The number of methoxy groups -OCH3 is 1. The Labute approximate surface area is 145 Å². The van der Waals surface area contributed by atoms with Crippen LogP contribution in [0.5, 0.6) is 5.75 Å². The Balaban J connectivity index is 1.89. The van der Waals surface area contributed by atoms with E-state index in [0.29, 0.717) is 12.5 Å². The summed E-state index contributed by atoms with van der Waals surface area (Å²) < 4.78 is 16.8. The minimum atomic E-state index is -0.433. The van der Waals surface area contributed by atoms with Crippen molar-refractivity contribution in [1.29, 1.82) is 0 Å². The van der Waals surface area contributed by atoms with Crippen molar-refractivity contribution in [3.8, 4) is 5.75 Å². The highest BCUT2D eigenvalue weighted by Crippen LogP contribution is 2.38. The lowest BCUT2D eigenvalue weighted by atomic mass is 9.93. The fraction of sp³-hybridized carbons (Fsp3) is 0.650. The Morgan fingerprint density at radius 1 is 1.17 bits per heavy atom. The summed E-state index contributed by atoms with van der Waals surface area (Å²) in [6.07, 6.45) is 2.78. The maximum absolute atomic E-state index is 12.4. The van der Waals surface area contributed by atoms with Crippen LogP contribution in [0.15, 0.2) is 24.3 Å². The number of benzene rings is 1. The van der Waals surface area contributed by atoms with Gasteiger partial charge in [0.15, 0.2) is 0 Å². The van der Waals surface area contributed by atoms with Crippen LogP contribution in [0.25, 0.3) is 0 Å². The van der Waals surface area contributed by atoms with Crippen molar-refractivity contribution in [2.75, 3.05) is 7.11 Å². The molecule has 0 bridgehead atoms. The van der Waals surface area contributed by atoms with Gasteiger partial charge in [-0.2, -0.15) is 0 Å². The van der Waals surface area contributed by atoms with E-state index in [-0.39, 0.29) is 18.0 Å². The van der Waals surface area contributed by atoms with Crippen molar-refractivity contribution in [2.45, 2.75) is 65.3 Å². The summed E-state index contributed by atoms with van der Waals surface area (Å²) >= 11 is 0. The first-order valence-corrected chi connectivity index (χ1v) is 8.79. The first-order valence-electron chi connectivity index (χ1n) is 8.79. The van der Waals surface area contributed by atoms with E-state index in [1.807, 2.05) is 45.0 Å². The molecule has 0 saturated heterocycles. The second kappa shape index (κ2) is 8.02. The van der Waals surface area contributed by atoms with Gasteiger partial charge in [0.1, 0.15) is 11.4 Å². The van der Waals surface area contributed by atoms with Gasteiger partial charge >= 0.3 is 5.97 Å². The molecular formula is C20H30O4. The molecule has 1 aliphatic rings. The minimum Gasteiger partial charge on any atom is -0.497 e. The van der Waals surface area contributed by atoms with Crippen LogP contribution in [-0.4, -0.2) is 24.8 Å². The lowest BCUT2D eigenvalue weighted by Crippen LogP contribution is -2.30. The van der Waals surface area contributed by atoms with Gasteiger partial charge in [-0.3, -0.25) is 4.79 Å². The van der Waals surface area contributed by atoms with Crippen molar-refractivity contribution in [3.63, 3.8) is 0 Å². The number of esters is 1. The van der Waals surface area contributed by atoms with Crippen LogP contribution in [0.1, 0.15) is 52.5 Å². The summed E-state index contributed by atoms with van der Waals surface area (Å²) in [5.41, 5.74) is 0.682. The molecule has 1 aromatic rings. The van der Waals surface area contributed by atoms with E-state index in [0.717, 1.165) is 30.6 Å². The van der Waals surface area contributed by atoms with Crippen LogP contribution in [0.2, 0.25) is 0 Å². The molecule has 4 nitrogen and oxygen atoms in total. The summed E-state index contributed by atoms with van der Waals surface area (Å²) in [6, 6.07) is 7.89. The molecule has 24 heavy (non-hydrogen) atoms. The highest BCUT2D eigenvalue weighted by atomic mass is 16.6. The molecule has 1 saturated carbocycles.